The number of benzene rings is 1. The van der Waals surface area contributed by atoms with Gasteiger partial charge in [0, 0.05) is 11.4 Å². The highest BCUT2D eigenvalue weighted by Crippen LogP contribution is 2.35. The molecule has 1 aliphatic rings. The molecule has 23 heavy (non-hydrogen) atoms. The minimum atomic E-state index is -2.90. The van der Waals surface area contributed by atoms with Crippen LogP contribution in [0.1, 0.15) is 25.7 Å². The van der Waals surface area contributed by atoms with Gasteiger partial charge < -0.3 is 4.74 Å². The number of ether oxygens (including phenoxy) is 1. The Bertz CT molecular complexity index is 667. The van der Waals surface area contributed by atoms with Gasteiger partial charge in [0.25, 0.3) is 6.47 Å². The fourth-order valence-corrected chi connectivity index (χ4v) is 3.99. The topological polar surface area (TPSA) is 63.7 Å². The van der Waals surface area contributed by atoms with Crippen LogP contribution in [-0.4, -0.2) is 27.5 Å². The summed E-state index contributed by atoms with van der Waals surface area (Å²) in [4.78, 5) is 10.3. The average molecular weight is 378 g/mol. The number of hydrogen-bond acceptors (Lipinski definition) is 4. The third-order valence-corrected chi connectivity index (χ3v) is 5.12. The van der Waals surface area contributed by atoms with Gasteiger partial charge in [-0.2, -0.15) is 0 Å². The lowest BCUT2D eigenvalue weighted by Gasteiger charge is -2.33. The maximum absolute atomic E-state index is 11.9. The molecular weight excluding hydrogens is 361 g/mol. The summed E-state index contributed by atoms with van der Waals surface area (Å²) in [7, 11) is -2.90. The molecule has 5 nitrogen and oxygen atoms in total. The van der Waals surface area contributed by atoms with Gasteiger partial charge in [-0.25, -0.2) is 8.42 Å². The number of thiol groups is 1. The van der Waals surface area contributed by atoms with Gasteiger partial charge in [0.15, 0.2) is 0 Å². The predicted octanol–water partition coefficient (Wildman–Crippen LogP) is 3.37. The van der Waals surface area contributed by atoms with E-state index in [2.05, 4.69) is 0 Å². The Morgan fingerprint density at radius 2 is 2.13 bits per heavy atom. The van der Waals surface area contributed by atoms with E-state index >= 15 is 0 Å². The highest BCUT2D eigenvalue weighted by Gasteiger charge is 2.28. The lowest BCUT2D eigenvalue weighted by molar-refractivity contribution is -0.128. The molecule has 0 bridgehead atoms. The van der Waals surface area contributed by atoms with Crippen LogP contribution in [0.25, 0.3) is 0 Å². The van der Waals surface area contributed by atoms with E-state index in [4.69, 9.17) is 27.9 Å². The summed E-state index contributed by atoms with van der Waals surface area (Å²) < 4.78 is 29.8. The summed E-state index contributed by atoms with van der Waals surface area (Å²) in [5.41, 5.74) is 1.29. The number of carbonyl (C=O) groups excluding carboxylic acids is 1. The van der Waals surface area contributed by atoms with Crippen LogP contribution < -0.4 is 4.31 Å². The van der Waals surface area contributed by atoms with Gasteiger partial charge in [-0.3, -0.25) is 9.10 Å². The van der Waals surface area contributed by atoms with Gasteiger partial charge in [-0.05, 0) is 43.0 Å². The molecule has 0 radical (unpaired) electrons. The highest BCUT2D eigenvalue weighted by molar-refractivity contribution is 7.74. The van der Waals surface area contributed by atoms with E-state index < -0.39 is 10.9 Å². The molecule has 0 amide bonds. The second-order valence-electron chi connectivity index (χ2n) is 5.12. The van der Waals surface area contributed by atoms with E-state index in [9.17, 15) is 13.2 Å². The molecule has 1 aromatic rings. The van der Waals surface area contributed by atoms with Gasteiger partial charge in [0.1, 0.15) is 0 Å². The molecule has 0 saturated carbocycles. The van der Waals surface area contributed by atoms with Gasteiger partial charge in [-0.15, -0.1) is 0 Å². The van der Waals surface area contributed by atoms with Crippen LogP contribution in [0.15, 0.2) is 29.8 Å². The molecule has 1 aromatic carbocycles. The molecule has 0 spiro atoms. The lowest BCUT2D eigenvalue weighted by atomic mass is 9.92. The van der Waals surface area contributed by atoms with Crippen molar-refractivity contribution >= 4 is 46.3 Å². The number of rotatable bonds is 7. The molecule has 1 aliphatic carbocycles. The molecule has 8 heteroatoms. The Kier molecular flexibility index (Phi) is 6.74. The standard InChI is InChI=1S/C15H17Cl2NO4S/c16-12-5-6-13(17)15(9-12)18(23(20)21)14-4-2-1-3-11(14)7-8-22-10-19/h3,5-6,9-10,14,23H,1-2,4,7-8H2. The van der Waals surface area contributed by atoms with Crippen LogP contribution in [-0.2, 0) is 20.4 Å². The Morgan fingerprint density at radius 1 is 1.35 bits per heavy atom. The van der Waals surface area contributed by atoms with E-state index in [0.717, 1.165) is 18.4 Å². The van der Waals surface area contributed by atoms with E-state index in [-0.39, 0.29) is 12.6 Å². The van der Waals surface area contributed by atoms with Crippen molar-refractivity contribution in [1.82, 2.24) is 0 Å². The SMILES string of the molecule is O=COCCC1=CCCCC1N(c1cc(Cl)ccc1Cl)[SH](=O)=O. The molecule has 0 fully saturated rings. The zero-order valence-electron chi connectivity index (χ0n) is 12.3. The zero-order valence-corrected chi connectivity index (χ0v) is 14.7. The summed E-state index contributed by atoms with van der Waals surface area (Å²) in [6.45, 7) is 0.608. The lowest BCUT2D eigenvalue weighted by Crippen LogP contribution is -2.37. The smallest absolute Gasteiger partial charge is 0.293 e. The van der Waals surface area contributed by atoms with E-state index in [1.807, 2.05) is 6.08 Å². The van der Waals surface area contributed by atoms with Crippen LogP contribution in [0, 0.1) is 0 Å². The van der Waals surface area contributed by atoms with Gasteiger partial charge in [0.2, 0.25) is 10.9 Å². The first-order valence-electron chi connectivity index (χ1n) is 7.17. The van der Waals surface area contributed by atoms with E-state index in [1.165, 1.54) is 4.31 Å². The van der Waals surface area contributed by atoms with Crippen molar-refractivity contribution in [1.29, 1.82) is 0 Å². The Hall–Kier alpha value is -1.24. The van der Waals surface area contributed by atoms with E-state index in [1.54, 1.807) is 18.2 Å². The Morgan fingerprint density at radius 3 is 2.83 bits per heavy atom. The molecule has 2 rings (SSSR count). The number of anilines is 1. The fourth-order valence-electron chi connectivity index (χ4n) is 2.72. The number of hydrogen-bond donors (Lipinski definition) is 1. The predicted molar refractivity (Wildman–Crippen MR) is 91.6 cm³/mol. The second kappa shape index (κ2) is 8.57. The zero-order chi connectivity index (χ0) is 16.8. The molecule has 0 N–H and O–H groups in total. The highest BCUT2D eigenvalue weighted by atomic mass is 35.5. The van der Waals surface area contributed by atoms with Crippen molar-refractivity contribution < 1.29 is 17.9 Å². The average Bonchev–Trinajstić information content (AvgIpc) is 2.52. The molecular formula is C15H17Cl2NO4S. The van der Waals surface area contributed by atoms with Crippen molar-refractivity contribution in [3.8, 4) is 0 Å². The maximum atomic E-state index is 11.9. The number of halogens is 2. The molecule has 0 aromatic heterocycles. The van der Waals surface area contributed by atoms with Crippen LogP contribution >= 0.6 is 23.2 Å². The first kappa shape index (κ1) is 18.1. The minimum Gasteiger partial charge on any atom is -0.468 e. The second-order valence-corrected chi connectivity index (χ2v) is 6.87. The molecule has 0 saturated heterocycles. The first-order chi connectivity index (χ1) is 11.0. The molecule has 1 unspecified atom stereocenters. The summed E-state index contributed by atoms with van der Waals surface area (Å²) in [5, 5.41) is 0.736. The van der Waals surface area contributed by atoms with Gasteiger partial charge >= 0.3 is 0 Å². The summed E-state index contributed by atoms with van der Waals surface area (Å²) in [5.74, 6) is 0. The van der Waals surface area contributed by atoms with Crippen LogP contribution in [0.2, 0.25) is 10.0 Å². The monoisotopic (exact) mass is 377 g/mol. The normalized spacial score (nSPS) is 17.7. The maximum Gasteiger partial charge on any atom is 0.293 e. The van der Waals surface area contributed by atoms with Gasteiger partial charge in [0.05, 0.1) is 23.4 Å². The minimum absolute atomic E-state index is 0.221. The molecule has 0 aliphatic heterocycles. The third-order valence-electron chi connectivity index (χ3n) is 3.72. The quantitative estimate of drug-likeness (QED) is 0.342. The first-order valence-corrected chi connectivity index (χ1v) is 9.06. The fraction of sp³-hybridized carbons (Fsp3) is 0.400. The van der Waals surface area contributed by atoms with Crippen molar-refractivity contribution in [3.63, 3.8) is 0 Å². The Labute approximate surface area is 146 Å². The number of nitrogens with zero attached hydrogens (tertiary/aromatic N) is 1. The molecule has 0 heterocycles. The summed E-state index contributed by atoms with van der Waals surface area (Å²) in [6, 6.07) is 4.39. The van der Waals surface area contributed by atoms with Crippen LogP contribution in [0.3, 0.4) is 0 Å². The number of allylic oxidation sites excluding steroid dienone is 1. The van der Waals surface area contributed by atoms with E-state index in [0.29, 0.717) is 35.0 Å². The summed E-state index contributed by atoms with van der Waals surface area (Å²) in [6.07, 6.45) is 4.92. The van der Waals surface area contributed by atoms with Crippen molar-refractivity contribution in [2.75, 3.05) is 10.9 Å². The van der Waals surface area contributed by atoms with Crippen molar-refractivity contribution in [2.45, 2.75) is 31.7 Å². The van der Waals surface area contributed by atoms with Crippen molar-refractivity contribution in [2.24, 2.45) is 0 Å². The van der Waals surface area contributed by atoms with Gasteiger partial charge in [-0.1, -0.05) is 29.3 Å². The van der Waals surface area contributed by atoms with Crippen LogP contribution in [0.5, 0.6) is 0 Å². The number of carbonyl (C=O) groups is 1. The largest absolute Gasteiger partial charge is 0.468 e. The molecule has 126 valence electrons. The summed E-state index contributed by atoms with van der Waals surface area (Å²) >= 11 is 12.2. The third kappa shape index (κ3) is 4.62. The molecule has 1 atom stereocenters. The van der Waals surface area contributed by atoms with Crippen molar-refractivity contribution in [3.05, 3.63) is 39.9 Å². The van der Waals surface area contributed by atoms with Crippen LogP contribution in [0.4, 0.5) is 5.69 Å². The Balaban J connectivity index is 2.35.